The third kappa shape index (κ3) is 2.76. The van der Waals surface area contributed by atoms with E-state index in [2.05, 4.69) is 10.5 Å². The zero-order chi connectivity index (χ0) is 16.6. The van der Waals surface area contributed by atoms with Crippen LogP contribution in [0, 0.1) is 6.92 Å². The number of benzene rings is 1. The highest BCUT2D eigenvalue weighted by Gasteiger charge is 2.32. The lowest BCUT2D eigenvalue weighted by Crippen LogP contribution is -2.34. The Morgan fingerprint density at radius 3 is 2.87 bits per heavy atom. The van der Waals surface area contributed by atoms with E-state index in [0.717, 1.165) is 0 Å². The highest BCUT2D eigenvalue weighted by molar-refractivity contribution is 7.91. The minimum atomic E-state index is -3.27. The molecular formula is C16H18N2O4S. The second-order valence-corrected chi connectivity index (χ2v) is 7.66. The number of carbonyl (C=O) groups excluding carboxylic acids is 1. The minimum Gasteiger partial charge on any atom is -0.361 e. The summed E-state index contributed by atoms with van der Waals surface area (Å²) < 4.78 is 29.4. The summed E-state index contributed by atoms with van der Waals surface area (Å²) in [5.41, 5.74) is 1.69. The number of carbonyl (C=O) groups is 1. The Hall–Kier alpha value is -2.15. The lowest BCUT2D eigenvalue weighted by Gasteiger charge is -2.26. The fourth-order valence-corrected chi connectivity index (χ4v) is 4.54. The summed E-state index contributed by atoms with van der Waals surface area (Å²) in [6.07, 6.45) is 0.951. The summed E-state index contributed by atoms with van der Waals surface area (Å²) in [5, 5.41) is 6.81. The highest BCUT2D eigenvalue weighted by Crippen LogP contribution is 2.32. The summed E-state index contributed by atoms with van der Waals surface area (Å²) in [5.74, 6) is 0.217. The van der Waals surface area contributed by atoms with Gasteiger partial charge in [-0.25, -0.2) is 8.42 Å². The van der Waals surface area contributed by atoms with Crippen LogP contribution in [0.4, 0.5) is 0 Å². The van der Waals surface area contributed by atoms with Crippen molar-refractivity contribution in [3.8, 4) is 0 Å². The Kier molecular flexibility index (Phi) is 3.97. The van der Waals surface area contributed by atoms with Crippen LogP contribution in [0.15, 0.2) is 33.7 Å². The van der Waals surface area contributed by atoms with Gasteiger partial charge in [0, 0.05) is 0 Å². The van der Waals surface area contributed by atoms with E-state index in [0.29, 0.717) is 40.3 Å². The maximum atomic E-state index is 12.6. The molecule has 1 aromatic carbocycles. The van der Waals surface area contributed by atoms with Crippen LogP contribution in [-0.2, 0) is 16.3 Å². The molecule has 0 bridgehead atoms. The van der Waals surface area contributed by atoms with Crippen LogP contribution in [-0.4, -0.2) is 25.2 Å². The first kappa shape index (κ1) is 15.7. The van der Waals surface area contributed by atoms with Crippen molar-refractivity contribution < 1.29 is 17.7 Å². The molecule has 1 amide bonds. The Bertz CT molecular complexity index is 855. The maximum Gasteiger partial charge on any atom is 0.257 e. The van der Waals surface area contributed by atoms with Gasteiger partial charge in [-0.15, -0.1) is 0 Å². The molecule has 1 atom stereocenters. The zero-order valence-corrected chi connectivity index (χ0v) is 13.8. The van der Waals surface area contributed by atoms with Crippen molar-refractivity contribution in [2.45, 2.75) is 37.6 Å². The first-order chi connectivity index (χ1) is 10.9. The summed E-state index contributed by atoms with van der Waals surface area (Å²) in [6, 6.07) is 6.48. The van der Waals surface area contributed by atoms with Gasteiger partial charge in [0.1, 0.15) is 11.3 Å². The van der Waals surface area contributed by atoms with Gasteiger partial charge in [-0.1, -0.05) is 30.3 Å². The average Bonchev–Trinajstić information content (AvgIpc) is 2.91. The summed E-state index contributed by atoms with van der Waals surface area (Å²) in [4.78, 5) is 12.9. The SMILES string of the molecule is CCc1noc(C)c1C(=O)NC1CCS(=O)(=O)c2ccccc21. The molecule has 2 heterocycles. The third-order valence-corrected chi connectivity index (χ3v) is 5.92. The van der Waals surface area contributed by atoms with Crippen LogP contribution < -0.4 is 5.32 Å². The van der Waals surface area contributed by atoms with Gasteiger partial charge in [-0.2, -0.15) is 0 Å². The van der Waals surface area contributed by atoms with E-state index in [-0.39, 0.29) is 17.7 Å². The van der Waals surface area contributed by atoms with E-state index in [1.54, 1.807) is 31.2 Å². The van der Waals surface area contributed by atoms with E-state index >= 15 is 0 Å². The molecule has 1 N–H and O–H groups in total. The predicted molar refractivity (Wildman–Crippen MR) is 83.9 cm³/mol. The lowest BCUT2D eigenvalue weighted by molar-refractivity contribution is 0.0932. The Labute approximate surface area is 134 Å². The second kappa shape index (κ2) is 5.81. The monoisotopic (exact) mass is 334 g/mol. The number of amides is 1. The van der Waals surface area contributed by atoms with Crippen LogP contribution >= 0.6 is 0 Å². The van der Waals surface area contributed by atoms with E-state index < -0.39 is 9.84 Å². The number of aromatic nitrogens is 1. The molecule has 2 aromatic rings. The van der Waals surface area contributed by atoms with E-state index in [1.807, 2.05) is 6.92 Å². The molecule has 0 aliphatic carbocycles. The van der Waals surface area contributed by atoms with Gasteiger partial charge >= 0.3 is 0 Å². The predicted octanol–water partition coefficient (Wildman–Crippen LogP) is 2.19. The van der Waals surface area contributed by atoms with Gasteiger partial charge in [0.2, 0.25) is 0 Å². The number of nitrogens with one attached hydrogen (secondary N) is 1. The molecule has 0 saturated heterocycles. The van der Waals surface area contributed by atoms with E-state index in [9.17, 15) is 13.2 Å². The fraction of sp³-hybridized carbons (Fsp3) is 0.375. The molecule has 0 fully saturated rings. The Balaban J connectivity index is 1.92. The molecule has 1 unspecified atom stereocenters. The molecule has 0 radical (unpaired) electrons. The average molecular weight is 334 g/mol. The van der Waals surface area contributed by atoms with Crippen LogP contribution in [0.3, 0.4) is 0 Å². The van der Waals surface area contributed by atoms with Crippen molar-refractivity contribution in [3.05, 3.63) is 46.8 Å². The van der Waals surface area contributed by atoms with Crippen molar-refractivity contribution in [2.75, 3.05) is 5.75 Å². The van der Waals surface area contributed by atoms with E-state index in [1.165, 1.54) is 0 Å². The Morgan fingerprint density at radius 1 is 1.39 bits per heavy atom. The van der Waals surface area contributed by atoms with E-state index in [4.69, 9.17) is 4.52 Å². The van der Waals surface area contributed by atoms with Crippen molar-refractivity contribution in [1.29, 1.82) is 0 Å². The second-order valence-electron chi connectivity index (χ2n) is 5.59. The van der Waals surface area contributed by atoms with Gasteiger partial charge in [-0.05, 0) is 31.4 Å². The number of nitrogens with zero attached hydrogens (tertiary/aromatic N) is 1. The summed E-state index contributed by atoms with van der Waals surface area (Å²) in [7, 11) is -3.27. The van der Waals surface area contributed by atoms with Crippen molar-refractivity contribution in [1.82, 2.24) is 10.5 Å². The first-order valence-electron chi connectivity index (χ1n) is 7.51. The standard InChI is InChI=1S/C16H18N2O4S/c1-3-12-15(10(2)22-18-12)16(19)17-13-8-9-23(20,21)14-7-5-4-6-11(13)14/h4-7,13H,3,8-9H2,1-2H3,(H,17,19). The minimum absolute atomic E-state index is 0.0260. The summed E-state index contributed by atoms with van der Waals surface area (Å²) >= 11 is 0. The molecule has 7 heteroatoms. The molecule has 23 heavy (non-hydrogen) atoms. The van der Waals surface area contributed by atoms with Crippen molar-refractivity contribution in [3.63, 3.8) is 0 Å². The molecule has 0 saturated carbocycles. The fourth-order valence-electron chi connectivity index (χ4n) is 2.92. The molecule has 122 valence electrons. The molecule has 1 aliphatic rings. The van der Waals surface area contributed by atoms with Crippen LogP contribution in [0.1, 0.15) is 46.8 Å². The van der Waals surface area contributed by atoms with Crippen LogP contribution in [0.2, 0.25) is 0 Å². The maximum absolute atomic E-state index is 12.6. The quantitative estimate of drug-likeness (QED) is 0.929. The van der Waals surface area contributed by atoms with Gasteiger partial charge < -0.3 is 9.84 Å². The highest BCUT2D eigenvalue weighted by atomic mass is 32.2. The van der Waals surface area contributed by atoms with Crippen LogP contribution in [0.25, 0.3) is 0 Å². The van der Waals surface area contributed by atoms with Crippen LogP contribution in [0.5, 0.6) is 0 Å². The number of rotatable bonds is 3. The largest absolute Gasteiger partial charge is 0.361 e. The first-order valence-corrected chi connectivity index (χ1v) is 9.17. The number of aryl methyl sites for hydroxylation is 2. The molecule has 3 rings (SSSR count). The third-order valence-electron chi connectivity index (χ3n) is 4.11. The van der Waals surface area contributed by atoms with Crippen molar-refractivity contribution >= 4 is 15.7 Å². The van der Waals surface area contributed by atoms with Gasteiger partial charge in [-0.3, -0.25) is 4.79 Å². The van der Waals surface area contributed by atoms with Gasteiger partial charge in [0.05, 0.1) is 22.4 Å². The Morgan fingerprint density at radius 2 is 2.13 bits per heavy atom. The molecule has 0 spiro atoms. The molecule has 1 aromatic heterocycles. The molecule has 6 nitrogen and oxygen atoms in total. The van der Waals surface area contributed by atoms with Gasteiger partial charge in [0.15, 0.2) is 9.84 Å². The van der Waals surface area contributed by atoms with Gasteiger partial charge in [0.25, 0.3) is 5.91 Å². The number of fused-ring (bicyclic) bond motifs is 1. The smallest absolute Gasteiger partial charge is 0.257 e. The molecular weight excluding hydrogens is 316 g/mol. The summed E-state index contributed by atoms with van der Waals surface area (Å²) in [6.45, 7) is 3.59. The van der Waals surface area contributed by atoms with Crippen molar-refractivity contribution in [2.24, 2.45) is 0 Å². The molecule has 1 aliphatic heterocycles. The lowest BCUT2D eigenvalue weighted by atomic mass is 10.0. The number of sulfone groups is 1. The number of hydrogen-bond acceptors (Lipinski definition) is 5. The zero-order valence-electron chi connectivity index (χ0n) is 13.0. The topological polar surface area (TPSA) is 89.3 Å². The normalized spacial score (nSPS) is 19.1. The number of hydrogen-bond donors (Lipinski definition) is 1.